The normalized spacial score (nSPS) is 20.6. The van der Waals surface area contributed by atoms with Gasteiger partial charge in [-0.3, -0.25) is 4.40 Å². The number of fused-ring (bicyclic) bond motifs is 1. The summed E-state index contributed by atoms with van der Waals surface area (Å²) in [5.41, 5.74) is 7.44. The molecule has 16 heavy (non-hydrogen) atoms. The zero-order chi connectivity index (χ0) is 11.0. The molecule has 1 atom stereocenters. The minimum absolute atomic E-state index is 0.666. The number of aromatic nitrogens is 3. The van der Waals surface area contributed by atoms with Crippen LogP contribution in [0.3, 0.4) is 0 Å². The van der Waals surface area contributed by atoms with E-state index in [2.05, 4.69) is 15.3 Å². The van der Waals surface area contributed by atoms with Crippen LogP contribution in [0.4, 0.5) is 5.69 Å². The average Bonchev–Trinajstić information content (AvgIpc) is 2.86. The molecular weight excluding hydrogens is 202 g/mol. The van der Waals surface area contributed by atoms with Crippen LogP contribution in [0.1, 0.15) is 12.1 Å². The largest absolute Gasteiger partial charge is 0.396 e. The number of hydrogen-bond donors (Lipinski definition) is 2. The lowest BCUT2D eigenvalue weighted by Gasteiger charge is -2.03. The third-order valence-electron chi connectivity index (χ3n) is 3.04. The fourth-order valence-electron chi connectivity index (χ4n) is 2.23. The Bertz CT molecular complexity index is 498. The first kappa shape index (κ1) is 9.59. The van der Waals surface area contributed by atoms with Crippen molar-refractivity contribution in [3.63, 3.8) is 0 Å². The van der Waals surface area contributed by atoms with E-state index in [0.717, 1.165) is 31.0 Å². The van der Waals surface area contributed by atoms with Crippen molar-refractivity contribution in [1.29, 1.82) is 0 Å². The summed E-state index contributed by atoms with van der Waals surface area (Å²) >= 11 is 0. The molecule has 1 saturated heterocycles. The molecule has 3 rings (SSSR count). The summed E-state index contributed by atoms with van der Waals surface area (Å²) in [5, 5.41) is 3.37. The van der Waals surface area contributed by atoms with Crippen LogP contribution in [0.5, 0.6) is 0 Å². The standard InChI is InChI=1S/C11H15N5/c12-9-5-14-11-15-10(7-16(11)6-9)3-8-1-2-13-4-8/h5-8,13H,1-4,12H2. The summed E-state index contributed by atoms with van der Waals surface area (Å²) < 4.78 is 1.90. The van der Waals surface area contributed by atoms with Gasteiger partial charge in [0.2, 0.25) is 5.78 Å². The average molecular weight is 217 g/mol. The molecule has 0 aromatic carbocycles. The molecule has 0 bridgehead atoms. The Balaban J connectivity index is 1.86. The Labute approximate surface area is 93.7 Å². The number of nitrogens with one attached hydrogen (secondary N) is 1. The van der Waals surface area contributed by atoms with Crippen molar-refractivity contribution in [1.82, 2.24) is 19.7 Å². The highest BCUT2D eigenvalue weighted by Gasteiger charge is 2.16. The predicted octanol–water partition coefficient (Wildman–Crippen LogP) is 0.463. The fraction of sp³-hybridized carbons (Fsp3) is 0.455. The molecule has 0 saturated carbocycles. The number of nitrogen functional groups attached to an aromatic ring is 1. The maximum Gasteiger partial charge on any atom is 0.234 e. The quantitative estimate of drug-likeness (QED) is 0.767. The fourth-order valence-corrected chi connectivity index (χ4v) is 2.23. The first-order valence-corrected chi connectivity index (χ1v) is 5.61. The number of rotatable bonds is 2. The van der Waals surface area contributed by atoms with E-state index in [1.54, 1.807) is 6.20 Å². The SMILES string of the molecule is Nc1cnc2nc(CC3CCNC3)cn2c1. The maximum absolute atomic E-state index is 5.68. The first-order chi connectivity index (χ1) is 7.81. The number of nitrogens with zero attached hydrogens (tertiary/aromatic N) is 3. The van der Waals surface area contributed by atoms with Crippen LogP contribution in [0, 0.1) is 5.92 Å². The Hall–Kier alpha value is -1.62. The predicted molar refractivity (Wildman–Crippen MR) is 62.1 cm³/mol. The zero-order valence-corrected chi connectivity index (χ0v) is 9.06. The molecule has 1 aliphatic heterocycles. The van der Waals surface area contributed by atoms with E-state index >= 15 is 0 Å². The monoisotopic (exact) mass is 217 g/mol. The number of anilines is 1. The van der Waals surface area contributed by atoms with Crippen LogP contribution >= 0.6 is 0 Å². The molecule has 84 valence electrons. The molecule has 5 nitrogen and oxygen atoms in total. The molecule has 0 aliphatic carbocycles. The summed E-state index contributed by atoms with van der Waals surface area (Å²) in [4.78, 5) is 8.67. The molecule has 1 unspecified atom stereocenters. The Morgan fingerprint density at radius 2 is 2.44 bits per heavy atom. The second-order valence-electron chi connectivity index (χ2n) is 4.39. The van der Waals surface area contributed by atoms with Gasteiger partial charge in [-0.15, -0.1) is 0 Å². The molecule has 2 aromatic rings. The lowest BCUT2D eigenvalue weighted by Crippen LogP contribution is -2.10. The van der Waals surface area contributed by atoms with Gasteiger partial charge in [0.25, 0.3) is 0 Å². The van der Waals surface area contributed by atoms with E-state index in [9.17, 15) is 0 Å². The molecule has 3 N–H and O–H groups in total. The van der Waals surface area contributed by atoms with E-state index in [4.69, 9.17) is 5.73 Å². The minimum Gasteiger partial charge on any atom is -0.396 e. The van der Waals surface area contributed by atoms with E-state index in [-0.39, 0.29) is 0 Å². The lowest BCUT2D eigenvalue weighted by atomic mass is 10.0. The molecule has 2 aromatic heterocycles. The van der Waals surface area contributed by atoms with Gasteiger partial charge in [0.1, 0.15) is 0 Å². The summed E-state index contributed by atoms with van der Waals surface area (Å²) in [6.45, 7) is 2.23. The van der Waals surface area contributed by atoms with Gasteiger partial charge in [0, 0.05) is 12.4 Å². The second kappa shape index (κ2) is 3.75. The van der Waals surface area contributed by atoms with Gasteiger partial charge < -0.3 is 11.1 Å². The van der Waals surface area contributed by atoms with E-state index < -0.39 is 0 Å². The van der Waals surface area contributed by atoms with Gasteiger partial charge in [-0.25, -0.2) is 9.97 Å². The molecule has 0 spiro atoms. The van der Waals surface area contributed by atoms with E-state index in [0.29, 0.717) is 11.6 Å². The van der Waals surface area contributed by atoms with Crippen molar-refractivity contribution in [2.45, 2.75) is 12.8 Å². The molecular formula is C11H15N5. The topological polar surface area (TPSA) is 68.2 Å². The molecule has 1 fully saturated rings. The van der Waals surface area contributed by atoms with Crippen LogP contribution in [-0.2, 0) is 6.42 Å². The highest BCUT2D eigenvalue weighted by Crippen LogP contribution is 2.15. The second-order valence-corrected chi connectivity index (χ2v) is 4.39. The van der Waals surface area contributed by atoms with Crippen molar-refractivity contribution in [3.05, 3.63) is 24.3 Å². The van der Waals surface area contributed by atoms with Crippen LogP contribution in [-0.4, -0.2) is 27.5 Å². The summed E-state index contributed by atoms with van der Waals surface area (Å²) in [6, 6.07) is 0. The number of imidazole rings is 1. The van der Waals surface area contributed by atoms with Crippen molar-refractivity contribution in [2.24, 2.45) is 5.92 Å². The third kappa shape index (κ3) is 1.74. The van der Waals surface area contributed by atoms with Gasteiger partial charge in [-0.05, 0) is 31.8 Å². The third-order valence-corrected chi connectivity index (χ3v) is 3.04. The van der Waals surface area contributed by atoms with Crippen molar-refractivity contribution < 1.29 is 0 Å². The Morgan fingerprint density at radius 1 is 1.50 bits per heavy atom. The molecule has 5 heteroatoms. The van der Waals surface area contributed by atoms with Gasteiger partial charge in [-0.1, -0.05) is 0 Å². The number of nitrogens with two attached hydrogens (primary N) is 1. The van der Waals surface area contributed by atoms with Gasteiger partial charge in [0.05, 0.1) is 17.6 Å². The van der Waals surface area contributed by atoms with Crippen molar-refractivity contribution in [3.8, 4) is 0 Å². The smallest absolute Gasteiger partial charge is 0.234 e. The van der Waals surface area contributed by atoms with Crippen LogP contribution in [0.25, 0.3) is 5.78 Å². The van der Waals surface area contributed by atoms with Crippen LogP contribution in [0.15, 0.2) is 18.6 Å². The molecule has 3 heterocycles. The summed E-state index contributed by atoms with van der Waals surface area (Å²) in [5.74, 6) is 1.44. The highest BCUT2D eigenvalue weighted by molar-refractivity contribution is 5.40. The molecule has 0 amide bonds. The van der Waals surface area contributed by atoms with Crippen molar-refractivity contribution >= 4 is 11.5 Å². The Kier molecular flexibility index (Phi) is 2.25. The molecule has 0 radical (unpaired) electrons. The lowest BCUT2D eigenvalue weighted by molar-refractivity contribution is 0.573. The van der Waals surface area contributed by atoms with E-state index in [1.165, 1.54) is 6.42 Å². The maximum atomic E-state index is 5.68. The van der Waals surface area contributed by atoms with Gasteiger partial charge in [-0.2, -0.15) is 0 Å². The minimum atomic E-state index is 0.666. The van der Waals surface area contributed by atoms with Crippen molar-refractivity contribution in [2.75, 3.05) is 18.8 Å². The Morgan fingerprint density at radius 3 is 3.25 bits per heavy atom. The first-order valence-electron chi connectivity index (χ1n) is 5.61. The van der Waals surface area contributed by atoms with Gasteiger partial charge in [0.15, 0.2) is 0 Å². The van der Waals surface area contributed by atoms with E-state index in [1.807, 2.05) is 16.8 Å². The van der Waals surface area contributed by atoms with Crippen LogP contribution in [0.2, 0.25) is 0 Å². The summed E-state index contributed by atoms with van der Waals surface area (Å²) in [6.07, 6.45) is 7.78. The zero-order valence-electron chi connectivity index (χ0n) is 9.06. The number of hydrogen-bond acceptors (Lipinski definition) is 4. The van der Waals surface area contributed by atoms with Gasteiger partial charge >= 0.3 is 0 Å². The summed E-state index contributed by atoms with van der Waals surface area (Å²) in [7, 11) is 0. The highest BCUT2D eigenvalue weighted by atomic mass is 15.1. The van der Waals surface area contributed by atoms with Crippen LogP contribution < -0.4 is 11.1 Å². The molecule has 1 aliphatic rings.